The summed E-state index contributed by atoms with van der Waals surface area (Å²) in [7, 11) is 0. The summed E-state index contributed by atoms with van der Waals surface area (Å²) in [5.74, 6) is -0.0481. The molecule has 0 spiro atoms. The predicted octanol–water partition coefficient (Wildman–Crippen LogP) is 2.70. The second kappa shape index (κ2) is 9.17. The van der Waals surface area contributed by atoms with Gasteiger partial charge in [0.15, 0.2) is 5.78 Å². The molecule has 0 aliphatic carbocycles. The maximum absolute atomic E-state index is 12.2. The van der Waals surface area contributed by atoms with E-state index in [4.69, 9.17) is 0 Å². The third-order valence-electron chi connectivity index (χ3n) is 3.96. The number of carbonyl (C=O) groups excluding carboxylic acids is 1. The summed E-state index contributed by atoms with van der Waals surface area (Å²) in [6, 6.07) is 5.94. The highest BCUT2D eigenvalue weighted by Crippen LogP contribution is 2.18. The van der Waals surface area contributed by atoms with Gasteiger partial charge in [-0.15, -0.1) is 24.8 Å². The van der Waals surface area contributed by atoms with Crippen molar-refractivity contribution in [1.82, 2.24) is 10.2 Å². The minimum atomic E-state index is -0.476. The molecule has 0 amide bonds. The van der Waals surface area contributed by atoms with Crippen molar-refractivity contribution >= 4 is 36.3 Å². The first-order valence-electron chi connectivity index (χ1n) is 7.13. The molecule has 1 heterocycles. The van der Waals surface area contributed by atoms with Gasteiger partial charge in [0.2, 0.25) is 0 Å². The molecule has 1 aliphatic heterocycles. The lowest BCUT2D eigenvalue weighted by Crippen LogP contribution is -2.58. The number of carbonyl (C=O) groups is 1. The van der Waals surface area contributed by atoms with Crippen LogP contribution in [0.15, 0.2) is 24.3 Å². The summed E-state index contributed by atoms with van der Waals surface area (Å²) in [6.45, 7) is 7.71. The lowest BCUT2D eigenvalue weighted by molar-refractivity contribution is -0.384. The van der Waals surface area contributed by atoms with Crippen LogP contribution < -0.4 is 5.32 Å². The monoisotopic (exact) mass is 363 g/mol. The Morgan fingerprint density at radius 2 is 2.09 bits per heavy atom. The number of hydrogen-bond acceptors (Lipinski definition) is 5. The fourth-order valence-corrected chi connectivity index (χ4v) is 2.61. The van der Waals surface area contributed by atoms with E-state index in [0.29, 0.717) is 18.5 Å². The van der Waals surface area contributed by atoms with E-state index in [0.717, 1.165) is 19.6 Å². The van der Waals surface area contributed by atoms with Gasteiger partial charge in [0.25, 0.3) is 5.69 Å². The zero-order valence-corrected chi connectivity index (χ0v) is 14.9. The number of rotatable bonds is 5. The summed E-state index contributed by atoms with van der Waals surface area (Å²) in [6.07, 6.45) is 0.380. The van der Waals surface area contributed by atoms with Crippen molar-refractivity contribution in [3.05, 3.63) is 39.9 Å². The van der Waals surface area contributed by atoms with E-state index in [1.165, 1.54) is 12.1 Å². The molecule has 1 N–H and O–H groups in total. The molecule has 23 heavy (non-hydrogen) atoms. The highest BCUT2D eigenvalue weighted by atomic mass is 35.5. The molecule has 2 rings (SSSR count). The molecular formula is C15H23Cl2N3O3. The number of non-ortho nitro benzene ring substituents is 1. The Morgan fingerprint density at radius 3 is 2.70 bits per heavy atom. The van der Waals surface area contributed by atoms with E-state index in [-0.39, 0.29) is 41.8 Å². The van der Waals surface area contributed by atoms with Crippen molar-refractivity contribution in [2.75, 3.05) is 26.2 Å². The van der Waals surface area contributed by atoms with Crippen molar-refractivity contribution in [2.45, 2.75) is 25.8 Å². The predicted molar refractivity (Wildman–Crippen MR) is 95.1 cm³/mol. The van der Waals surface area contributed by atoms with Crippen LogP contribution in [0.5, 0.6) is 0 Å². The number of hydrogen-bond donors (Lipinski definition) is 1. The average molecular weight is 364 g/mol. The van der Waals surface area contributed by atoms with Crippen molar-refractivity contribution in [3.8, 4) is 0 Å². The number of ketones is 1. The SMILES string of the molecule is CC1(C)CNCCN1CCC(=O)c1cccc([N+](=O)[O-])c1.Cl.Cl. The first-order chi connectivity index (χ1) is 9.90. The van der Waals surface area contributed by atoms with E-state index in [1.807, 2.05) is 0 Å². The fraction of sp³-hybridized carbons (Fsp3) is 0.533. The lowest BCUT2D eigenvalue weighted by atomic mass is 9.99. The quantitative estimate of drug-likeness (QED) is 0.494. The molecule has 1 aliphatic rings. The van der Waals surface area contributed by atoms with Gasteiger partial charge in [-0.2, -0.15) is 0 Å². The number of piperazine rings is 1. The van der Waals surface area contributed by atoms with Crippen LogP contribution in [-0.4, -0.2) is 47.3 Å². The van der Waals surface area contributed by atoms with E-state index in [1.54, 1.807) is 12.1 Å². The highest BCUT2D eigenvalue weighted by Gasteiger charge is 2.29. The van der Waals surface area contributed by atoms with Crippen LogP contribution in [0.3, 0.4) is 0 Å². The topological polar surface area (TPSA) is 75.5 Å². The molecule has 1 aromatic carbocycles. The molecule has 0 bridgehead atoms. The Balaban J connectivity index is 0.00000242. The van der Waals surface area contributed by atoms with Gasteiger partial charge >= 0.3 is 0 Å². The zero-order chi connectivity index (χ0) is 15.5. The van der Waals surface area contributed by atoms with Gasteiger partial charge < -0.3 is 5.32 Å². The van der Waals surface area contributed by atoms with Crippen molar-refractivity contribution in [2.24, 2.45) is 0 Å². The van der Waals surface area contributed by atoms with Crippen LogP contribution in [-0.2, 0) is 0 Å². The van der Waals surface area contributed by atoms with Gasteiger partial charge in [-0.3, -0.25) is 19.8 Å². The molecule has 130 valence electrons. The van der Waals surface area contributed by atoms with E-state index in [9.17, 15) is 14.9 Å². The largest absolute Gasteiger partial charge is 0.314 e. The second-order valence-corrected chi connectivity index (χ2v) is 5.96. The maximum atomic E-state index is 12.2. The summed E-state index contributed by atoms with van der Waals surface area (Å²) in [5, 5.41) is 14.1. The number of nitrogens with zero attached hydrogens (tertiary/aromatic N) is 2. The zero-order valence-electron chi connectivity index (χ0n) is 13.3. The third-order valence-corrected chi connectivity index (χ3v) is 3.96. The van der Waals surface area contributed by atoms with Gasteiger partial charge in [0, 0.05) is 55.8 Å². The minimum Gasteiger partial charge on any atom is -0.314 e. The number of Topliss-reactive ketones (excluding diaryl/α,β-unsaturated/α-hetero) is 1. The second-order valence-electron chi connectivity index (χ2n) is 5.96. The Hall–Kier alpha value is -1.21. The summed E-state index contributed by atoms with van der Waals surface area (Å²) in [4.78, 5) is 24.8. The smallest absolute Gasteiger partial charge is 0.270 e. The first-order valence-corrected chi connectivity index (χ1v) is 7.13. The normalized spacial score (nSPS) is 16.8. The number of nitro benzene ring substituents is 1. The van der Waals surface area contributed by atoms with Crippen molar-refractivity contribution < 1.29 is 9.72 Å². The van der Waals surface area contributed by atoms with Gasteiger partial charge in [0.05, 0.1) is 4.92 Å². The van der Waals surface area contributed by atoms with E-state index >= 15 is 0 Å². The molecular weight excluding hydrogens is 341 g/mol. The molecule has 6 nitrogen and oxygen atoms in total. The highest BCUT2D eigenvalue weighted by molar-refractivity contribution is 5.96. The average Bonchev–Trinajstić information content (AvgIpc) is 2.45. The number of nitrogens with one attached hydrogen (secondary N) is 1. The molecule has 1 saturated heterocycles. The maximum Gasteiger partial charge on any atom is 0.270 e. The fourth-order valence-electron chi connectivity index (χ4n) is 2.61. The first kappa shape index (κ1) is 21.8. The van der Waals surface area contributed by atoms with Crippen molar-refractivity contribution in [3.63, 3.8) is 0 Å². The van der Waals surface area contributed by atoms with E-state index < -0.39 is 4.92 Å². The molecule has 0 atom stereocenters. The molecule has 1 aromatic rings. The molecule has 0 unspecified atom stereocenters. The van der Waals surface area contributed by atoms with Crippen molar-refractivity contribution in [1.29, 1.82) is 0 Å². The van der Waals surface area contributed by atoms with Gasteiger partial charge in [-0.05, 0) is 13.8 Å². The summed E-state index contributed by atoms with van der Waals surface area (Å²) in [5.41, 5.74) is 0.404. The molecule has 0 aromatic heterocycles. The van der Waals surface area contributed by atoms with Crippen LogP contribution in [0, 0.1) is 10.1 Å². The standard InChI is InChI=1S/C15H21N3O3.2ClH/c1-15(2)11-16-7-9-17(15)8-6-14(19)12-4-3-5-13(10-12)18(20)21;;/h3-5,10,16H,6-9,11H2,1-2H3;2*1H. The number of nitro groups is 1. The molecule has 1 fully saturated rings. The molecule has 0 radical (unpaired) electrons. The Kier molecular flexibility index (Phi) is 8.69. The van der Waals surface area contributed by atoms with Crippen LogP contribution in [0.1, 0.15) is 30.6 Å². The Labute approximate surface area is 148 Å². The van der Waals surface area contributed by atoms with Crippen LogP contribution in [0.2, 0.25) is 0 Å². The van der Waals surface area contributed by atoms with E-state index in [2.05, 4.69) is 24.1 Å². The number of halogens is 2. The Morgan fingerprint density at radius 1 is 1.39 bits per heavy atom. The third kappa shape index (κ3) is 5.73. The van der Waals surface area contributed by atoms with Gasteiger partial charge in [0.1, 0.15) is 0 Å². The Bertz CT molecular complexity index is 553. The lowest BCUT2D eigenvalue weighted by Gasteiger charge is -2.42. The summed E-state index contributed by atoms with van der Waals surface area (Å²) < 4.78 is 0. The summed E-state index contributed by atoms with van der Waals surface area (Å²) >= 11 is 0. The molecule has 8 heteroatoms. The van der Waals surface area contributed by atoms with Crippen LogP contribution in [0.4, 0.5) is 5.69 Å². The van der Waals surface area contributed by atoms with Crippen LogP contribution in [0.25, 0.3) is 0 Å². The molecule has 0 saturated carbocycles. The minimum absolute atomic E-state index is 0. The van der Waals surface area contributed by atoms with Crippen LogP contribution >= 0.6 is 24.8 Å². The number of benzene rings is 1. The van der Waals surface area contributed by atoms with Gasteiger partial charge in [-0.25, -0.2) is 0 Å². The van der Waals surface area contributed by atoms with Gasteiger partial charge in [-0.1, -0.05) is 12.1 Å².